The first kappa shape index (κ1) is 13.4. The number of hydrogen-bond acceptors (Lipinski definition) is 5. The lowest BCUT2D eigenvalue weighted by Crippen LogP contribution is -2.02. The molecule has 0 spiro atoms. The zero-order chi connectivity index (χ0) is 13.8. The molecule has 2 rings (SSSR count). The Morgan fingerprint density at radius 1 is 1.42 bits per heavy atom. The fourth-order valence-electron chi connectivity index (χ4n) is 1.57. The fraction of sp³-hybridized carbons (Fsp3) is 0.167. The van der Waals surface area contributed by atoms with Crippen LogP contribution in [0.15, 0.2) is 39.4 Å². The number of furan rings is 1. The lowest BCUT2D eigenvalue weighted by molar-refractivity contribution is -0.384. The van der Waals surface area contributed by atoms with E-state index in [9.17, 15) is 10.1 Å². The highest BCUT2D eigenvalue weighted by molar-refractivity contribution is 9.10. The van der Waals surface area contributed by atoms with Gasteiger partial charge in [-0.25, -0.2) is 0 Å². The van der Waals surface area contributed by atoms with Crippen molar-refractivity contribution in [2.75, 3.05) is 12.4 Å². The summed E-state index contributed by atoms with van der Waals surface area (Å²) in [5, 5.41) is 13.9. The maximum absolute atomic E-state index is 11.0. The van der Waals surface area contributed by atoms with Crippen LogP contribution in [0.4, 0.5) is 11.4 Å². The predicted octanol–water partition coefficient (Wildman–Crippen LogP) is 3.57. The molecule has 0 saturated carbocycles. The number of anilines is 1. The third kappa shape index (κ3) is 3.25. The SMILES string of the molecule is COc1ccc(NCc2ccc(Br)o2)c([N+](=O)[O-])c1. The first-order valence-electron chi connectivity index (χ1n) is 5.40. The number of ether oxygens (including phenoxy) is 1. The predicted molar refractivity (Wildman–Crippen MR) is 73.4 cm³/mol. The number of nitro groups is 1. The molecule has 0 bridgehead atoms. The third-order valence-electron chi connectivity index (χ3n) is 2.48. The molecule has 0 saturated heterocycles. The number of rotatable bonds is 5. The maximum Gasteiger partial charge on any atom is 0.296 e. The first-order valence-corrected chi connectivity index (χ1v) is 6.20. The summed E-state index contributed by atoms with van der Waals surface area (Å²) in [6, 6.07) is 8.19. The Labute approximate surface area is 117 Å². The molecule has 2 aromatic rings. The fourth-order valence-corrected chi connectivity index (χ4v) is 1.91. The van der Waals surface area contributed by atoms with Crippen molar-refractivity contribution in [2.45, 2.75) is 6.54 Å². The van der Waals surface area contributed by atoms with Gasteiger partial charge in [-0.3, -0.25) is 10.1 Å². The van der Waals surface area contributed by atoms with Crippen molar-refractivity contribution in [1.29, 1.82) is 0 Å². The lowest BCUT2D eigenvalue weighted by atomic mass is 10.2. The van der Waals surface area contributed by atoms with Gasteiger partial charge in [0.05, 0.1) is 24.6 Å². The average molecular weight is 327 g/mol. The van der Waals surface area contributed by atoms with Crippen molar-refractivity contribution in [1.82, 2.24) is 0 Å². The summed E-state index contributed by atoms with van der Waals surface area (Å²) in [6.45, 7) is 0.360. The second-order valence-corrected chi connectivity index (χ2v) is 4.48. The monoisotopic (exact) mass is 326 g/mol. The number of nitrogens with zero attached hydrogens (tertiary/aromatic N) is 1. The molecule has 0 unspecified atom stereocenters. The molecule has 7 heteroatoms. The highest BCUT2D eigenvalue weighted by atomic mass is 79.9. The van der Waals surface area contributed by atoms with Gasteiger partial charge in [0.2, 0.25) is 0 Å². The number of nitrogens with one attached hydrogen (secondary N) is 1. The molecule has 0 fully saturated rings. The molecule has 6 nitrogen and oxygen atoms in total. The van der Waals surface area contributed by atoms with Crippen LogP contribution >= 0.6 is 15.9 Å². The van der Waals surface area contributed by atoms with Crippen LogP contribution in [0.25, 0.3) is 0 Å². The van der Waals surface area contributed by atoms with Gasteiger partial charge < -0.3 is 14.5 Å². The van der Waals surface area contributed by atoms with Gasteiger partial charge in [0.25, 0.3) is 5.69 Å². The van der Waals surface area contributed by atoms with Gasteiger partial charge in [-0.2, -0.15) is 0 Å². The average Bonchev–Trinajstić information content (AvgIpc) is 2.82. The third-order valence-corrected chi connectivity index (χ3v) is 2.91. The lowest BCUT2D eigenvalue weighted by Gasteiger charge is -2.07. The molecule has 1 aromatic carbocycles. The molecular formula is C12H11BrN2O4. The van der Waals surface area contributed by atoms with E-state index in [1.807, 2.05) is 0 Å². The Morgan fingerprint density at radius 2 is 2.21 bits per heavy atom. The molecule has 1 N–H and O–H groups in total. The second kappa shape index (κ2) is 5.75. The van der Waals surface area contributed by atoms with Crippen LogP contribution in [-0.4, -0.2) is 12.0 Å². The molecular weight excluding hydrogens is 316 g/mol. The smallest absolute Gasteiger partial charge is 0.296 e. The van der Waals surface area contributed by atoms with Gasteiger partial charge in [-0.05, 0) is 40.2 Å². The quantitative estimate of drug-likeness (QED) is 0.671. The largest absolute Gasteiger partial charge is 0.496 e. The molecule has 0 aliphatic rings. The first-order chi connectivity index (χ1) is 9.10. The van der Waals surface area contributed by atoms with Gasteiger partial charge >= 0.3 is 0 Å². The molecule has 1 aromatic heterocycles. The molecule has 100 valence electrons. The van der Waals surface area contributed by atoms with Crippen molar-refractivity contribution in [3.05, 3.63) is 50.9 Å². The Morgan fingerprint density at radius 3 is 2.79 bits per heavy atom. The van der Waals surface area contributed by atoms with E-state index >= 15 is 0 Å². The van der Waals surface area contributed by atoms with Gasteiger partial charge in [0.15, 0.2) is 4.67 Å². The Kier molecular flexibility index (Phi) is 4.06. The summed E-state index contributed by atoms with van der Waals surface area (Å²) >= 11 is 3.20. The van der Waals surface area contributed by atoms with E-state index < -0.39 is 4.92 Å². The van der Waals surface area contributed by atoms with Crippen molar-refractivity contribution in [3.63, 3.8) is 0 Å². The summed E-state index contributed by atoms with van der Waals surface area (Å²) in [6.07, 6.45) is 0. The van der Waals surface area contributed by atoms with Gasteiger partial charge in [-0.1, -0.05) is 0 Å². The van der Waals surface area contributed by atoms with Crippen LogP contribution in [0.3, 0.4) is 0 Å². The van der Waals surface area contributed by atoms with E-state index in [1.165, 1.54) is 13.2 Å². The number of methoxy groups -OCH3 is 1. The van der Waals surface area contributed by atoms with Crippen molar-refractivity contribution >= 4 is 27.3 Å². The summed E-state index contributed by atoms with van der Waals surface area (Å²) in [4.78, 5) is 10.5. The van der Waals surface area contributed by atoms with Crippen LogP contribution in [0.1, 0.15) is 5.76 Å². The normalized spacial score (nSPS) is 10.2. The molecule has 0 amide bonds. The second-order valence-electron chi connectivity index (χ2n) is 3.70. The van der Waals surface area contributed by atoms with Crippen LogP contribution < -0.4 is 10.1 Å². The van der Waals surface area contributed by atoms with Crippen molar-refractivity contribution < 1.29 is 14.1 Å². The number of halogens is 1. The van der Waals surface area contributed by atoms with Gasteiger partial charge in [-0.15, -0.1) is 0 Å². The van der Waals surface area contributed by atoms with Crippen molar-refractivity contribution in [2.24, 2.45) is 0 Å². The number of nitro benzene ring substituents is 1. The number of hydrogen-bond donors (Lipinski definition) is 1. The van der Waals surface area contributed by atoms with Crippen LogP contribution in [0.5, 0.6) is 5.75 Å². The minimum Gasteiger partial charge on any atom is -0.496 e. The molecule has 0 aliphatic heterocycles. The van der Waals surface area contributed by atoms with Crippen molar-refractivity contribution in [3.8, 4) is 5.75 Å². The molecule has 0 aliphatic carbocycles. The summed E-state index contributed by atoms with van der Waals surface area (Å²) in [5.41, 5.74) is 0.378. The Balaban J connectivity index is 2.17. The minimum atomic E-state index is -0.455. The van der Waals surface area contributed by atoms with E-state index in [0.717, 1.165) is 0 Å². The highest BCUT2D eigenvalue weighted by Gasteiger charge is 2.15. The zero-order valence-electron chi connectivity index (χ0n) is 10.1. The van der Waals surface area contributed by atoms with E-state index in [0.29, 0.717) is 28.4 Å². The summed E-state index contributed by atoms with van der Waals surface area (Å²) in [5.74, 6) is 1.12. The van der Waals surface area contributed by atoms with E-state index in [2.05, 4.69) is 21.2 Å². The maximum atomic E-state index is 11.0. The zero-order valence-corrected chi connectivity index (χ0v) is 11.6. The van der Waals surface area contributed by atoms with Gasteiger partial charge in [0.1, 0.15) is 17.2 Å². The topological polar surface area (TPSA) is 77.5 Å². The standard InChI is InChI=1S/C12H11BrN2O4/c1-18-8-2-4-10(11(6-8)15(16)17)14-7-9-3-5-12(13)19-9/h2-6,14H,7H2,1H3. The molecule has 19 heavy (non-hydrogen) atoms. The highest BCUT2D eigenvalue weighted by Crippen LogP contribution is 2.29. The number of benzene rings is 1. The molecule has 0 atom stereocenters. The van der Waals surface area contributed by atoms with Crippen LogP contribution in [-0.2, 0) is 6.54 Å². The van der Waals surface area contributed by atoms with Crippen LogP contribution in [0.2, 0.25) is 0 Å². The molecule has 0 radical (unpaired) electrons. The Hall–Kier alpha value is -2.02. The van der Waals surface area contributed by atoms with E-state index in [1.54, 1.807) is 24.3 Å². The van der Waals surface area contributed by atoms with Gasteiger partial charge in [0, 0.05) is 0 Å². The van der Waals surface area contributed by atoms with Crippen LogP contribution in [0, 0.1) is 10.1 Å². The Bertz CT molecular complexity index is 597. The molecule has 1 heterocycles. The van der Waals surface area contributed by atoms with E-state index in [-0.39, 0.29) is 5.69 Å². The summed E-state index contributed by atoms with van der Waals surface area (Å²) < 4.78 is 10.9. The minimum absolute atomic E-state index is 0.0371. The summed E-state index contributed by atoms with van der Waals surface area (Å²) in [7, 11) is 1.46. The van der Waals surface area contributed by atoms with E-state index in [4.69, 9.17) is 9.15 Å².